The molecule has 1 aliphatic rings. The Balaban J connectivity index is 2.21. The van der Waals surface area contributed by atoms with Gasteiger partial charge < -0.3 is 19.4 Å². The van der Waals surface area contributed by atoms with E-state index in [-0.39, 0.29) is 13.2 Å². The molecule has 2 N–H and O–H groups in total. The minimum absolute atomic E-state index is 0.0972. The molecule has 0 spiro atoms. The molecule has 0 radical (unpaired) electrons. The highest BCUT2D eigenvalue weighted by Crippen LogP contribution is 2.18. The average Bonchev–Trinajstić information content (AvgIpc) is 2.63. The molecule has 1 saturated heterocycles. The Kier molecular flexibility index (Phi) is 5.40. The zero-order valence-electron chi connectivity index (χ0n) is 8.82. The maximum Gasteiger partial charge on any atom is 0.102 e. The summed E-state index contributed by atoms with van der Waals surface area (Å²) < 4.78 is 6.27. The Hall–Kier alpha value is -0.160. The normalized spacial score (nSPS) is 20.1. The zero-order valence-corrected chi connectivity index (χ0v) is 8.82. The lowest BCUT2D eigenvalue weighted by molar-refractivity contribution is -0.917. The van der Waals surface area contributed by atoms with Gasteiger partial charge >= 0.3 is 0 Å². The Labute approximate surface area is 85.7 Å². The Morgan fingerprint density at radius 3 is 2.21 bits per heavy atom. The van der Waals surface area contributed by atoms with Crippen molar-refractivity contribution in [1.82, 2.24) is 0 Å². The average molecular weight is 204 g/mol. The van der Waals surface area contributed by atoms with Crippen LogP contribution < -0.4 is 0 Å². The summed E-state index contributed by atoms with van der Waals surface area (Å²) in [6, 6.07) is 0. The van der Waals surface area contributed by atoms with Crippen molar-refractivity contribution in [1.29, 1.82) is 0 Å². The molecule has 1 fully saturated rings. The SMILES string of the molecule is OCCOCC[N+]1(CCO)CCCC1. The highest BCUT2D eigenvalue weighted by molar-refractivity contribution is 4.54. The summed E-state index contributed by atoms with van der Waals surface area (Å²) in [7, 11) is 0. The minimum Gasteiger partial charge on any atom is -0.394 e. The van der Waals surface area contributed by atoms with Crippen molar-refractivity contribution < 1.29 is 19.4 Å². The van der Waals surface area contributed by atoms with Crippen LogP contribution in [0.1, 0.15) is 12.8 Å². The summed E-state index contributed by atoms with van der Waals surface area (Å²) in [5, 5.41) is 17.6. The van der Waals surface area contributed by atoms with Gasteiger partial charge in [-0.15, -0.1) is 0 Å². The molecule has 1 aliphatic heterocycles. The maximum atomic E-state index is 9.00. The Morgan fingerprint density at radius 2 is 1.64 bits per heavy atom. The summed E-state index contributed by atoms with van der Waals surface area (Å²) in [6.07, 6.45) is 2.53. The molecule has 0 aromatic rings. The summed E-state index contributed by atoms with van der Waals surface area (Å²) >= 11 is 0. The van der Waals surface area contributed by atoms with Gasteiger partial charge in [-0.25, -0.2) is 0 Å². The molecule has 0 unspecified atom stereocenters. The van der Waals surface area contributed by atoms with Crippen LogP contribution in [0.4, 0.5) is 0 Å². The summed E-state index contributed by atoms with van der Waals surface area (Å²) in [5.41, 5.74) is 0. The van der Waals surface area contributed by atoms with Gasteiger partial charge in [0, 0.05) is 12.8 Å². The number of hydrogen-bond donors (Lipinski definition) is 2. The van der Waals surface area contributed by atoms with Gasteiger partial charge in [0.2, 0.25) is 0 Å². The van der Waals surface area contributed by atoms with Crippen molar-refractivity contribution in [2.45, 2.75) is 12.8 Å². The molecule has 0 bridgehead atoms. The van der Waals surface area contributed by atoms with E-state index in [4.69, 9.17) is 14.9 Å². The van der Waals surface area contributed by atoms with Gasteiger partial charge in [-0.1, -0.05) is 0 Å². The van der Waals surface area contributed by atoms with Crippen LogP contribution in [0, 0.1) is 0 Å². The van der Waals surface area contributed by atoms with E-state index in [1.165, 1.54) is 25.9 Å². The van der Waals surface area contributed by atoms with Crippen molar-refractivity contribution in [2.75, 3.05) is 52.6 Å². The zero-order chi connectivity index (χ0) is 10.3. The van der Waals surface area contributed by atoms with Crippen molar-refractivity contribution in [2.24, 2.45) is 0 Å². The van der Waals surface area contributed by atoms with Crippen molar-refractivity contribution >= 4 is 0 Å². The number of aliphatic hydroxyl groups excluding tert-OH is 2. The van der Waals surface area contributed by atoms with Crippen molar-refractivity contribution in [3.8, 4) is 0 Å². The number of aliphatic hydroxyl groups is 2. The van der Waals surface area contributed by atoms with Gasteiger partial charge in [-0.3, -0.25) is 0 Å². The van der Waals surface area contributed by atoms with Gasteiger partial charge in [0.1, 0.15) is 13.1 Å². The number of ether oxygens (including phenoxy) is 1. The molecule has 4 nitrogen and oxygen atoms in total. The predicted molar refractivity (Wildman–Crippen MR) is 54.0 cm³/mol. The molecule has 84 valence electrons. The number of hydrogen-bond acceptors (Lipinski definition) is 3. The van der Waals surface area contributed by atoms with Crippen LogP contribution in [0.25, 0.3) is 0 Å². The van der Waals surface area contributed by atoms with E-state index in [1.54, 1.807) is 0 Å². The first kappa shape index (κ1) is 11.9. The predicted octanol–water partition coefficient (Wildman–Crippen LogP) is -0.402. The van der Waals surface area contributed by atoms with Crippen LogP contribution in [0.5, 0.6) is 0 Å². The van der Waals surface area contributed by atoms with Crippen LogP contribution >= 0.6 is 0 Å². The van der Waals surface area contributed by atoms with E-state index in [2.05, 4.69) is 0 Å². The minimum atomic E-state index is 0.0972. The van der Waals surface area contributed by atoms with Gasteiger partial charge in [0.05, 0.1) is 39.5 Å². The smallest absolute Gasteiger partial charge is 0.102 e. The fraction of sp³-hybridized carbons (Fsp3) is 1.00. The molecular weight excluding hydrogens is 182 g/mol. The third kappa shape index (κ3) is 3.53. The molecule has 1 rings (SSSR count). The second-order valence-corrected chi connectivity index (χ2v) is 4.00. The van der Waals surface area contributed by atoms with Gasteiger partial charge in [-0.2, -0.15) is 0 Å². The number of quaternary nitrogens is 1. The quantitative estimate of drug-likeness (QED) is 0.438. The monoisotopic (exact) mass is 204 g/mol. The second-order valence-electron chi connectivity index (χ2n) is 4.00. The Bertz CT molecular complexity index is 146. The van der Waals surface area contributed by atoms with E-state index >= 15 is 0 Å². The molecular formula is C10H22NO3+. The lowest BCUT2D eigenvalue weighted by Crippen LogP contribution is -2.49. The van der Waals surface area contributed by atoms with E-state index in [9.17, 15) is 0 Å². The first-order valence-corrected chi connectivity index (χ1v) is 5.47. The topological polar surface area (TPSA) is 49.7 Å². The first-order valence-electron chi connectivity index (χ1n) is 5.47. The standard InChI is InChI=1S/C10H22NO3/c12-7-5-11(3-1-2-4-11)6-9-14-10-8-13/h12-13H,1-10H2/q+1. The van der Waals surface area contributed by atoms with Crippen LogP contribution in [-0.4, -0.2) is 67.3 Å². The molecule has 0 aliphatic carbocycles. The summed E-state index contributed by atoms with van der Waals surface area (Å²) in [6.45, 7) is 5.65. The lowest BCUT2D eigenvalue weighted by atomic mass is 10.4. The molecule has 4 heteroatoms. The molecule has 1 heterocycles. The fourth-order valence-electron chi connectivity index (χ4n) is 2.20. The van der Waals surface area contributed by atoms with Gasteiger partial charge in [0.25, 0.3) is 0 Å². The van der Waals surface area contributed by atoms with E-state index in [1.807, 2.05) is 0 Å². The number of nitrogens with zero attached hydrogens (tertiary/aromatic N) is 1. The molecule has 0 atom stereocenters. The van der Waals surface area contributed by atoms with Crippen molar-refractivity contribution in [3.05, 3.63) is 0 Å². The Morgan fingerprint density at radius 1 is 0.929 bits per heavy atom. The number of likely N-dealkylation sites (tertiary alicyclic amines) is 1. The molecule has 0 saturated carbocycles. The van der Waals surface area contributed by atoms with Gasteiger partial charge in [0.15, 0.2) is 0 Å². The summed E-state index contributed by atoms with van der Waals surface area (Å²) in [4.78, 5) is 0. The van der Waals surface area contributed by atoms with Crippen molar-refractivity contribution in [3.63, 3.8) is 0 Å². The highest BCUT2D eigenvalue weighted by Gasteiger charge is 2.30. The molecule has 0 aromatic heterocycles. The molecule has 14 heavy (non-hydrogen) atoms. The number of rotatable bonds is 7. The molecule has 0 amide bonds. The maximum absolute atomic E-state index is 9.00. The van der Waals surface area contributed by atoms with E-state index in [0.29, 0.717) is 13.2 Å². The highest BCUT2D eigenvalue weighted by atomic mass is 16.5. The summed E-state index contributed by atoms with van der Waals surface area (Å²) in [5.74, 6) is 0. The van der Waals surface area contributed by atoms with E-state index < -0.39 is 0 Å². The lowest BCUT2D eigenvalue weighted by Gasteiger charge is -2.33. The van der Waals surface area contributed by atoms with Crippen LogP contribution in [-0.2, 0) is 4.74 Å². The third-order valence-electron chi connectivity index (χ3n) is 3.03. The van der Waals surface area contributed by atoms with Crippen LogP contribution in [0.3, 0.4) is 0 Å². The first-order chi connectivity index (χ1) is 6.83. The van der Waals surface area contributed by atoms with Gasteiger partial charge in [-0.05, 0) is 0 Å². The second kappa shape index (κ2) is 6.35. The van der Waals surface area contributed by atoms with Crippen LogP contribution in [0.15, 0.2) is 0 Å². The third-order valence-corrected chi connectivity index (χ3v) is 3.03. The van der Waals surface area contributed by atoms with E-state index in [0.717, 1.165) is 17.6 Å². The largest absolute Gasteiger partial charge is 0.394 e. The fourth-order valence-corrected chi connectivity index (χ4v) is 2.20. The molecule has 0 aromatic carbocycles. The van der Waals surface area contributed by atoms with Crippen LogP contribution in [0.2, 0.25) is 0 Å².